The van der Waals surface area contributed by atoms with Gasteiger partial charge in [-0.15, -0.1) is 0 Å². The molecule has 10 heteroatoms. The number of hydrogen-bond acceptors (Lipinski definition) is 9. The Balaban J connectivity index is 2.24. The van der Waals surface area contributed by atoms with Crippen LogP contribution in [0, 0.1) is 0 Å². The summed E-state index contributed by atoms with van der Waals surface area (Å²) in [4.78, 5) is 36.3. The normalized spacial score (nSPS) is 12.3. The van der Waals surface area contributed by atoms with E-state index >= 15 is 0 Å². The molecular formula is C23H27NO8S. The first kappa shape index (κ1) is 26.0. The largest absolute Gasteiger partial charge is 0.504 e. The topological polar surface area (TPSA) is 120 Å². The van der Waals surface area contributed by atoms with Crippen LogP contribution in [0.3, 0.4) is 0 Å². The number of benzene rings is 2. The molecule has 0 heterocycles. The number of hydrogen-bond donors (Lipinski definition) is 3. The van der Waals surface area contributed by atoms with Crippen LogP contribution in [0.15, 0.2) is 48.5 Å². The fourth-order valence-corrected chi connectivity index (χ4v) is 3.10. The van der Waals surface area contributed by atoms with Gasteiger partial charge in [0, 0.05) is 18.6 Å². The molecule has 33 heavy (non-hydrogen) atoms. The molecule has 178 valence electrons. The zero-order valence-corrected chi connectivity index (χ0v) is 19.2. The summed E-state index contributed by atoms with van der Waals surface area (Å²) in [5, 5.41) is 12.4. The van der Waals surface area contributed by atoms with Crippen LogP contribution < -0.4 is 10.1 Å². The van der Waals surface area contributed by atoms with E-state index in [0.717, 1.165) is 0 Å². The minimum absolute atomic E-state index is 0.00335. The highest BCUT2D eigenvalue weighted by atomic mass is 32.1. The molecule has 0 aliphatic heterocycles. The average molecular weight is 478 g/mol. The van der Waals surface area contributed by atoms with Gasteiger partial charge in [-0.3, -0.25) is 14.9 Å². The fraction of sp³-hybridized carbons (Fsp3) is 0.348. The van der Waals surface area contributed by atoms with Crippen LogP contribution in [0.25, 0.3) is 0 Å². The number of carbonyl (C=O) groups is 3. The quantitative estimate of drug-likeness (QED) is 0.333. The molecule has 0 radical (unpaired) electrons. The predicted octanol–water partition coefficient (Wildman–Crippen LogP) is 3.28. The second kappa shape index (κ2) is 13.3. The van der Waals surface area contributed by atoms with Gasteiger partial charge in [0.25, 0.3) is 5.91 Å². The van der Waals surface area contributed by atoms with Crippen molar-refractivity contribution >= 4 is 30.6 Å². The summed E-state index contributed by atoms with van der Waals surface area (Å²) in [6.07, 6.45) is -2.58. The number of carbonyl (C=O) groups excluding carboxylic acids is 3. The number of alkyl carbamates (subject to hydrolysis) is 1. The zero-order valence-electron chi connectivity index (χ0n) is 18.4. The molecule has 0 saturated carbocycles. The fourth-order valence-electron chi connectivity index (χ4n) is 3.01. The van der Waals surface area contributed by atoms with E-state index in [-0.39, 0.29) is 42.4 Å². The van der Waals surface area contributed by atoms with E-state index in [2.05, 4.69) is 17.9 Å². The molecule has 0 saturated heterocycles. The number of phenolic OH excluding ortho intramolecular Hbond substituents is 1. The Bertz CT molecular complexity index is 937. The van der Waals surface area contributed by atoms with Gasteiger partial charge < -0.3 is 24.1 Å². The molecule has 0 aliphatic carbocycles. The van der Waals surface area contributed by atoms with Crippen molar-refractivity contribution in [3.8, 4) is 11.5 Å². The molecule has 0 aliphatic rings. The number of ether oxygens (including phenoxy) is 4. The highest BCUT2D eigenvalue weighted by Gasteiger charge is 2.29. The lowest BCUT2D eigenvalue weighted by atomic mass is 10.0. The summed E-state index contributed by atoms with van der Waals surface area (Å²) in [5.74, 6) is -1.14. The molecule has 2 amide bonds. The minimum Gasteiger partial charge on any atom is -0.504 e. The number of amides is 2. The van der Waals surface area contributed by atoms with Gasteiger partial charge in [-0.25, -0.2) is 4.79 Å². The number of nitrogens with one attached hydrogen (secondary N) is 1. The first-order valence-electron chi connectivity index (χ1n) is 10.2. The van der Waals surface area contributed by atoms with Crippen LogP contribution in [-0.2, 0) is 19.0 Å². The first-order chi connectivity index (χ1) is 15.9. The number of imide groups is 1. The van der Waals surface area contributed by atoms with Crippen LogP contribution >= 0.6 is 12.6 Å². The van der Waals surface area contributed by atoms with E-state index in [1.165, 1.54) is 19.2 Å². The van der Waals surface area contributed by atoms with Gasteiger partial charge in [-0.1, -0.05) is 24.3 Å². The van der Waals surface area contributed by atoms with Crippen molar-refractivity contribution in [3.63, 3.8) is 0 Å². The highest BCUT2D eigenvalue weighted by Crippen LogP contribution is 2.33. The molecule has 2 rings (SSSR count). The summed E-state index contributed by atoms with van der Waals surface area (Å²) in [5.41, 5.74) is 0.683. The lowest BCUT2D eigenvalue weighted by Crippen LogP contribution is -2.36. The van der Waals surface area contributed by atoms with E-state index in [0.29, 0.717) is 5.56 Å². The number of methoxy groups -OCH3 is 1. The Labute approximate surface area is 197 Å². The number of rotatable bonds is 11. The third-order valence-electron chi connectivity index (χ3n) is 4.53. The third kappa shape index (κ3) is 7.99. The zero-order chi connectivity index (χ0) is 24.2. The van der Waals surface area contributed by atoms with Crippen LogP contribution in [-0.4, -0.2) is 55.3 Å². The van der Waals surface area contributed by atoms with Gasteiger partial charge in [0.2, 0.25) is 0 Å². The van der Waals surface area contributed by atoms with Crippen LogP contribution in [0.5, 0.6) is 11.5 Å². The maximum atomic E-state index is 12.6. The lowest BCUT2D eigenvalue weighted by molar-refractivity contribution is -0.142. The molecule has 9 nitrogen and oxygen atoms in total. The Morgan fingerprint density at radius 3 is 2.45 bits per heavy atom. The standard InChI is InChI=1S/C23H27NO8S/c1-3-30-19(11-12-31-20(26)14-33)21(16-9-10-18(29-2)17(25)13-16)32-23(28)24-22(27)15-7-5-4-6-8-15/h4-10,13,19,21,25,33H,3,11-12,14H2,1-2H3,(H,24,27,28)/t19-,21-/m0/s1. The van der Waals surface area contributed by atoms with E-state index in [9.17, 15) is 19.5 Å². The number of aromatic hydroxyl groups is 1. The van der Waals surface area contributed by atoms with Crippen LogP contribution in [0.1, 0.15) is 35.4 Å². The molecule has 2 aromatic rings. The summed E-state index contributed by atoms with van der Waals surface area (Å²) in [6.45, 7) is 2.03. The van der Waals surface area contributed by atoms with Crippen LogP contribution in [0.2, 0.25) is 0 Å². The molecule has 0 spiro atoms. The summed E-state index contributed by atoms with van der Waals surface area (Å²) >= 11 is 3.86. The van der Waals surface area contributed by atoms with Gasteiger partial charge in [0.15, 0.2) is 17.6 Å². The van der Waals surface area contributed by atoms with Crippen molar-refractivity contribution < 1.29 is 38.4 Å². The predicted molar refractivity (Wildman–Crippen MR) is 123 cm³/mol. The monoisotopic (exact) mass is 477 g/mol. The van der Waals surface area contributed by atoms with Crippen molar-refractivity contribution in [3.05, 3.63) is 59.7 Å². The Morgan fingerprint density at radius 1 is 1.12 bits per heavy atom. The SMILES string of the molecule is CCO[C@@H](CCOC(=O)CS)[C@@H](OC(=O)NC(=O)c1ccccc1)c1ccc(OC)c(O)c1. The minimum atomic E-state index is -1.03. The maximum Gasteiger partial charge on any atom is 0.414 e. The molecule has 2 aromatic carbocycles. The Morgan fingerprint density at radius 2 is 1.85 bits per heavy atom. The van der Waals surface area contributed by atoms with E-state index < -0.39 is 30.2 Å². The molecule has 2 atom stereocenters. The summed E-state index contributed by atoms with van der Waals surface area (Å²) in [6, 6.07) is 12.7. The number of thiol groups is 1. The second-order valence-corrected chi connectivity index (χ2v) is 7.05. The molecule has 0 fully saturated rings. The van der Waals surface area contributed by atoms with Crippen molar-refractivity contribution in [1.82, 2.24) is 5.32 Å². The summed E-state index contributed by atoms with van der Waals surface area (Å²) in [7, 11) is 1.41. The Kier molecular flexibility index (Phi) is 10.5. The van der Waals surface area contributed by atoms with Crippen molar-refractivity contribution in [1.29, 1.82) is 0 Å². The molecular weight excluding hydrogens is 450 g/mol. The van der Waals surface area contributed by atoms with Gasteiger partial charge in [0.1, 0.15) is 6.10 Å². The lowest BCUT2D eigenvalue weighted by Gasteiger charge is -2.27. The first-order valence-corrected chi connectivity index (χ1v) is 10.8. The summed E-state index contributed by atoms with van der Waals surface area (Å²) < 4.78 is 21.4. The molecule has 0 bridgehead atoms. The van der Waals surface area contributed by atoms with Crippen molar-refractivity contribution in [2.45, 2.75) is 25.6 Å². The molecule has 2 N–H and O–H groups in total. The second-order valence-electron chi connectivity index (χ2n) is 6.74. The smallest absolute Gasteiger partial charge is 0.414 e. The van der Waals surface area contributed by atoms with Gasteiger partial charge in [-0.05, 0) is 36.8 Å². The number of phenols is 1. The third-order valence-corrected chi connectivity index (χ3v) is 4.79. The van der Waals surface area contributed by atoms with Gasteiger partial charge in [-0.2, -0.15) is 12.6 Å². The van der Waals surface area contributed by atoms with E-state index in [4.69, 9.17) is 18.9 Å². The van der Waals surface area contributed by atoms with Gasteiger partial charge in [0.05, 0.1) is 19.5 Å². The highest BCUT2D eigenvalue weighted by molar-refractivity contribution is 7.81. The van der Waals surface area contributed by atoms with Crippen molar-refractivity contribution in [2.75, 3.05) is 26.1 Å². The van der Waals surface area contributed by atoms with Crippen LogP contribution in [0.4, 0.5) is 4.79 Å². The molecule has 0 aromatic heterocycles. The average Bonchev–Trinajstić information content (AvgIpc) is 2.82. The number of esters is 1. The molecule has 0 unspecified atom stereocenters. The Hall–Kier alpha value is -3.24. The van der Waals surface area contributed by atoms with Gasteiger partial charge >= 0.3 is 12.1 Å². The van der Waals surface area contributed by atoms with Crippen molar-refractivity contribution in [2.24, 2.45) is 0 Å². The van der Waals surface area contributed by atoms with E-state index in [1.807, 2.05) is 0 Å². The maximum absolute atomic E-state index is 12.6. The van der Waals surface area contributed by atoms with E-state index in [1.54, 1.807) is 43.3 Å².